The number of aliphatic hydroxyl groups is 1. The lowest BCUT2D eigenvalue weighted by molar-refractivity contribution is -0.251. The van der Waals surface area contributed by atoms with E-state index in [2.05, 4.69) is 10.1 Å². The molecule has 0 radical (unpaired) electrons. The van der Waals surface area contributed by atoms with Gasteiger partial charge in [-0.2, -0.15) is 4.98 Å². The molecule has 0 spiro atoms. The van der Waals surface area contributed by atoms with Gasteiger partial charge in [0.15, 0.2) is 29.6 Å². The molecule has 1 aromatic heterocycles. The molecule has 1 N–H and O–H groups in total. The van der Waals surface area contributed by atoms with E-state index >= 15 is 0 Å². The van der Waals surface area contributed by atoms with Crippen molar-refractivity contribution in [1.82, 2.24) is 10.1 Å². The van der Waals surface area contributed by atoms with Crippen molar-refractivity contribution in [3.8, 4) is 0 Å². The maximum absolute atomic E-state index is 11.5. The summed E-state index contributed by atoms with van der Waals surface area (Å²) in [6.45, 7) is 9.02. The van der Waals surface area contributed by atoms with Gasteiger partial charge in [-0.3, -0.25) is 0 Å². The predicted octanol–water partition coefficient (Wildman–Crippen LogP) is 0.594. The quantitative estimate of drug-likeness (QED) is 0.826. The van der Waals surface area contributed by atoms with Crippen LogP contribution in [-0.2, 0) is 29.3 Å². The highest BCUT2D eigenvalue weighted by Gasteiger charge is 2.68. The van der Waals surface area contributed by atoms with E-state index in [-0.39, 0.29) is 12.4 Å². The molecule has 3 aliphatic rings. The molecule has 0 aromatic carbocycles. The van der Waals surface area contributed by atoms with Gasteiger partial charge in [-0.15, -0.1) is 0 Å². The summed E-state index contributed by atoms with van der Waals surface area (Å²) < 4.78 is 34.1. The van der Waals surface area contributed by atoms with E-state index in [1.807, 2.05) is 0 Å². The molecule has 4 heterocycles. The molecule has 3 fully saturated rings. The lowest BCUT2D eigenvalue weighted by atomic mass is 9.88. The van der Waals surface area contributed by atoms with Crippen LogP contribution in [0.5, 0.6) is 0 Å². The predicted molar refractivity (Wildman–Crippen MR) is 76.5 cm³/mol. The molecule has 0 bridgehead atoms. The number of ether oxygens (including phenoxy) is 5. The van der Waals surface area contributed by atoms with Gasteiger partial charge in [-0.25, -0.2) is 0 Å². The second kappa shape index (κ2) is 4.96. The van der Waals surface area contributed by atoms with Gasteiger partial charge in [0.05, 0.1) is 6.61 Å². The summed E-state index contributed by atoms with van der Waals surface area (Å²) in [4.78, 5) is 4.19. The monoisotopic (exact) mass is 342 g/mol. The number of hydrogen-bond acceptors (Lipinski definition) is 9. The number of fused-ring (bicyclic) bond motifs is 1. The Morgan fingerprint density at radius 1 is 1.04 bits per heavy atom. The molecule has 9 nitrogen and oxygen atoms in total. The summed E-state index contributed by atoms with van der Waals surface area (Å²) >= 11 is 0. The number of hydrogen-bond donors (Lipinski definition) is 1. The average Bonchev–Trinajstić information content (AvgIpc) is 3.16. The van der Waals surface area contributed by atoms with E-state index in [0.29, 0.717) is 5.89 Å². The minimum atomic E-state index is -1.68. The third-order valence-electron chi connectivity index (χ3n) is 4.46. The second-order valence-corrected chi connectivity index (χ2v) is 7.31. The molecule has 9 heteroatoms. The lowest BCUT2D eigenvalue weighted by Crippen LogP contribution is -2.52. The highest BCUT2D eigenvalue weighted by Crippen LogP contribution is 2.49. The fourth-order valence-corrected chi connectivity index (χ4v) is 3.49. The summed E-state index contributed by atoms with van der Waals surface area (Å²) in [5, 5.41) is 15.4. The number of nitrogens with zero attached hydrogens (tertiary/aromatic N) is 2. The van der Waals surface area contributed by atoms with Crippen LogP contribution in [0.15, 0.2) is 4.52 Å². The molecule has 3 saturated heterocycles. The minimum Gasteiger partial charge on any atom is -0.376 e. The summed E-state index contributed by atoms with van der Waals surface area (Å²) in [5.41, 5.74) is -1.68. The van der Waals surface area contributed by atoms with Crippen molar-refractivity contribution in [3.63, 3.8) is 0 Å². The van der Waals surface area contributed by atoms with Gasteiger partial charge in [-0.05, 0) is 27.7 Å². The fourth-order valence-electron chi connectivity index (χ4n) is 3.49. The van der Waals surface area contributed by atoms with Crippen molar-refractivity contribution in [1.29, 1.82) is 0 Å². The van der Waals surface area contributed by atoms with E-state index in [1.54, 1.807) is 34.6 Å². The third kappa shape index (κ3) is 2.39. The SMILES string of the molecule is Cc1nc(C2(O)C(C3COC(C)(C)O3)OC3OC(C)(C)OC32)no1. The molecule has 5 unspecified atom stereocenters. The molecule has 134 valence electrons. The van der Waals surface area contributed by atoms with Crippen molar-refractivity contribution in [2.75, 3.05) is 6.61 Å². The first kappa shape index (κ1) is 16.4. The first-order valence-corrected chi connectivity index (χ1v) is 7.97. The Bertz CT molecular complexity index is 646. The third-order valence-corrected chi connectivity index (χ3v) is 4.46. The zero-order valence-electron chi connectivity index (χ0n) is 14.3. The molecule has 1 aromatic rings. The molecule has 5 atom stereocenters. The number of rotatable bonds is 2. The first-order chi connectivity index (χ1) is 11.1. The van der Waals surface area contributed by atoms with Crippen LogP contribution in [0.3, 0.4) is 0 Å². The Morgan fingerprint density at radius 3 is 2.38 bits per heavy atom. The van der Waals surface area contributed by atoms with Crippen molar-refractivity contribution in [2.24, 2.45) is 0 Å². The largest absolute Gasteiger partial charge is 0.376 e. The molecule has 0 saturated carbocycles. The van der Waals surface area contributed by atoms with Crippen LogP contribution in [0.4, 0.5) is 0 Å². The molecule has 0 amide bonds. The summed E-state index contributed by atoms with van der Waals surface area (Å²) in [6.07, 6.45) is -2.91. The van der Waals surface area contributed by atoms with Gasteiger partial charge in [-0.1, -0.05) is 5.16 Å². The van der Waals surface area contributed by atoms with Gasteiger partial charge < -0.3 is 33.3 Å². The standard InChI is InChI=1S/C15H22N2O7/c1-7-16-12(17-24-7)15(18)9(8-6-19-13(2,3)21-8)20-11-10(15)22-14(4,5)23-11/h8-11,18H,6H2,1-5H3. The van der Waals surface area contributed by atoms with Gasteiger partial charge in [0.1, 0.15) is 12.2 Å². The fraction of sp³-hybridized carbons (Fsp3) is 0.867. The van der Waals surface area contributed by atoms with E-state index in [4.69, 9.17) is 28.2 Å². The zero-order chi connectivity index (χ0) is 17.3. The maximum atomic E-state index is 11.5. The van der Waals surface area contributed by atoms with Gasteiger partial charge >= 0.3 is 0 Å². The Labute approximate surface area is 139 Å². The molecule has 0 aliphatic carbocycles. The molecular weight excluding hydrogens is 320 g/mol. The minimum absolute atomic E-state index is 0.0899. The van der Waals surface area contributed by atoms with Crippen LogP contribution < -0.4 is 0 Å². The van der Waals surface area contributed by atoms with Crippen molar-refractivity contribution in [3.05, 3.63) is 11.7 Å². The van der Waals surface area contributed by atoms with E-state index < -0.39 is 41.8 Å². The van der Waals surface area contributed by atoms with Gasteiger partial charge in [0, 0.05) is 6.92 Å². The number of aromatic nitrogens is 2. The van der Waals surface area contributed by atoms with Crippen molar-refractivity contribution < 1.29 is 33.3 Å². The molecule has 24 heavy (non-hydrogen) atoms. The Hall–Kier alpha value is -1.10. The Kier molecular flexibility index (Phi) is 3.39. The average molecular weight is 342 g/mol. The summed E-state index contributed by atoms with van der Waals surface area (Å²) in [6, 6.07) is 0. The van der Waals surface area contributed by atoms with Crippen molar-refractivity contribution >= 4 is 0 Å². The van der Waals surface area contributed by atoms with E-state index in [0.717, 1.165) is 0 Å². The highest BCUT2D eigenvalue weighted by molar-refractivity contribution is 5.17. The topological polar surface area (TPSA) is 105 Å². The van der Waals surface area contributed by atoms with Crippen LogP contribution in [-0.4, -0.2) is 58.0 Å². The lowest BCUT2D eigenvalue weighted by Gasteiger charge is -2.33. The number of aryl methyl sites for hydroxylation is 1. The Morgan fingerprint density at radius 2 is 1.79 bits per heavy atom. The van der Waals surface area contributed by atoms with Gasteiger partial charge in [0.25, 0.3) is 0 Å². The highest BCUT2D eigenvalue weighted by atomic mass is 16.8. The Balaban J connectivity index is 1.72. The molecule has 3 aliphatic heterocycles. The van der Waals surface area contributed by atoms with Crippen LogP contribution in [0.2, 0.25) is 0 Å². The molecular formula is C15H22N2O7. The van der Waals surface area contributed by atoms with Gasteiger partial charge in [0.2, 0.25) is 11.7 Å². The normalized spacial score (nSPS) is 43.2. The van der Waals surface area contributed by atoms with Crippen LogP contribution in [0, 0.1) is 6.92 Å². The van der Waals surface area contributed by atoms with Crippen molar-refractivity contribution in [2.45, 2.75) is 76.4 Å². The zero-order valence-corrected chi connectivity index (χ0v) is 14.3. The smallest absolute Gasteiger partial charge is 0.223 e. The molecule has 4 rings (SSSR count). The summed E-state index contributed by atoms with van der Waals surface area (Å²) in [7, 11) is 0. The first-order valence-electron chi connectivity index (χ1n) is 7.97. The second-order valence-electron chi connectivity index (χ2n) is 7.31. The van der Waals surface area contributed by atoms with E-state index in [1.165, 1.54) is 0 Å². The van der Waals surface area contributed by atoms with Crippen LogP contribution in [0.25, 0.3) is 0 Å². The van der Waals surface area contributed by atoms with Crippen LogP contribution >= 0.6 is 0 Å². The van der Waals surface area contributed by atoms with E-state index in [9.17, 15) is 5.11 Å². The summed E-state index contributed by atoms with van der Waals surface area (Å²) in [5.74, 6) is -1.23. The van der Waals surface area contributed by atoms with Crippen LogP contribution in [0.1, 0.15) is 39.4 Å². The maximum Gasteiger partial charge on any atom is 0.223 e.